The van der Waals surface area contributed by atoms with Crippen LogP contribution in [0.3, 0.4) is 0 Å². The molecular weight excluding hydrogens is 248 g/mol. The summed E-state index contributed by atoms with van der Waals surface area (Å²) in [6, 6.07) is 6.90. The van der Waals surface area contributed by atoms with E-state index in [0.717, 1.165) is 12.1 Å². The van der Waals surface area contributed by atoms with Crippen LogP contribution in [0.25, 0.3) is 0 Å². The Morgan fingerprint density at radius 2 is 1.95 bits per heavy atom. The summed E-state index contributed by atoms with van der Waals surface area (Å²) in [6.45, 7) is 7.19. The van der Waals surface area contributed by atoms with Crippen LogP contribution in [0.4, 0.5) is 0 Å². The van der Waals surface area contributed by atoms with Gasteiger partial charge in [-0.15, -0.1) is 0 Å². The lowest BCUT2D eigenvalue weighted by atomic mass is 10.0. The van der Waals surface area contributed by atoms with Crippen molar-refractivity contribution in [3.8, 4) is 0 Å². The van der Waals surface area contributed by atoms with Crippen LogP contribution in [0.2, 0.25) is 0 Å². The van der Waals surface area contributed by atoms with Crippen LogP contribution in [-0.2, 0) is 0 Å². The zero-order chi connectivity index (χ0) is 14.7. The molecule has 3 heteroatoms. The molecule has 20 heavy (non-hydrogen) atoms. The summed E-state index contributed by atoms with van der Waals surface area (Å²) in [5.74, 6) is 0. The third kappa shape index (κ3) is 4.05. The summed E-state index contributed by atoms with van der Waals surface area (Å²) in [5, 5.41) is 10.5. The van der Waals surface area contributed by atoms with E-state index < -0.39 is 6.10 Å². The van der Waals surface area contributed by atoms with Crippen LogP contribution in [0, 0.1) is 13.8 Å². The average Bonchev–Trinajstić information content (AvgIpc) is 2.37. The topological polar surface area (TPSA) is 26.7 Å². The van der Waals surface area contributed by atoms with E-state index in [9.17, 15) is 5.11 Å². The van der Waals surface area contributed by atoms with Gasteiger partial charge in [-0.05, 0) is 52.9 Å². The van der Waals surface area contributed by atoms with E-state index in [1.807, 2.05) is 0 Å². The molecule has 2 rings (SSSR count). The van der Waals surface area contributed by atoms with E-state index in [1.165, 1.54) is 30.5 Å². The van der Waals surface area contributed by atoms with Crippen molar-refractivity contribution in [1.82, 2.24) is 9.80 Å². The van der Waals surface area contributed by atoms with E-state index in [-0.39, 0.29) is 0 Å². The van der Waals surface area contributed by atoms with Gasteiger partial charge in [-0.2, -0.15) is 0 Å². The Hall–Kier alpha value is -0.900. The molecule has 1 N–H and O–H groups in total. The minimum absolute atomic E-state index is 0.397. The van der Waals surface area contributed by atoms with Crippen LogP contribution >= 0.6 is 0 Å². The summed E-state index contributed by atoms with van der Waals surface area (Å²) in [6.07, 6.45) is 2.09. The lowest BCUT2D eigenvalue weighted by Gasteiger charge is -2.36. The first-order chi connectivity index (χ1) is 9.45. The molecule has 0 aromatic heterocycles. The van der Waals surface area contributed by atoms with E-state index >= 15 is 0 Å². The molecule has 0 spiro atoms. The van der Waals surface area contributed by atoms with Gasteiger partial charge >= 0.3 is 0 Å². The van der Waals surface area contributed by atoms with Crippen LogP contribution in [-0.4, -0.2) is 54.7 Å². The quantitative estimate of drug-likeness (QED) is 0.914. The lowest BCUT2D eigenvalue weighted by Crippen LogP contribution is -2.46. The Bertz CT molecular complexity index is 426. The molecule has 2 unspecified atom stereocenters. The molecule has 0 bridgehead atoms. The summed E-state index contributed by atoms with van der Waals surface area (Å²) < 4.78 is 0. The minimum atomic E-state index is -0.397. The third-order valence-electron chi connectivity index (χ3n) is 4.31. The first kappa shape index (κ1) is 15.5. The monoisotopic (exact) mass is 276 g/mol. The van der Waals surface area contributed by atoms with Crippen LogP contribution in [0.5, 0.6) is 0 Å². The number of aliphatic hydroxyl groups excluding tert-OH is 1. The Morgan fingerprint density at radius 1 is 1.30 bits per heavy atom. The molecule has 0 saturated carbocycles. The van der Waals surface area contributed by atoms with Crippen molar-refractivity contribution in [3.05, 3.63) is 34.9 Å². The molecule has 1 fully saturated rings. The number of aliphatic hydroxyl groups is 1. The van der Waals surface area contributed by atoms with Gasteiger partial charge in [0.05, 0.1) is 6.10 Å². The molecule has 3 nitrogen and oxygen atoms in total. The number of piperidine rings is 1. The van der Waals surface area contributed by atoms with Gasteiger partial charge in [0.25, 0.3) is 0 Å². The summed E-state index contributed by atoms with van der Waals surface area (Å²) in [7, 11) is 4.32. The van der Waals surface area contributed by atoms with Crippen LogP contribution < -0.4 is 0 Å². The molecule has 2 atom stereocenters. The molecular formula is C17H28N2O. The highest BCUT2D eigenvalue weighted by atomic mass is 16.3. The maximum atomic E-state index is 10.5. The highest BCUT2D eigenvalue weighted by Crippen LogP contribution is 2.20. The van der Waals surface area contributed by atoms with Crippen molar-refractivity contribution in [3.63, 3.8) is 0 Å². The first-order valence-electron chi connectivity index (χ1n) is 7.60. The second kappa shape index (κ2) is 6.70. The number of benzene rings is 1. The van der Waals surface area contributed by atoms with Crippen molar-refractivity contribution < 1.29 is 5.11 Å². The molecule has 1 aliphatic heterocycles. The van der Waals surface area contributed by atoms with E-state index in [4.69, 9.17) is 0 Å². The summed E-state index contributed by atoms with van der Waals surface area (Å²) >= 11 is 0. The second-order valence-electron chi connectivity index (χ2n) is 6.43. The molecule has 0 radical (unpaired) electrons. The number of hydrogen-bond donors (Lipinski definition) is 1. The smallest absolute Gasteiger partial charge is 0.0917 e. The molecule has 1 aliphatic rings. The zero-order valence-corrected chi connectivity index (χ0v) is 13.3. The highest BCUT2D eigenvalue weighted by Gasteiger charge is 2.23. The van der Waals surface area contributed by atoms with Gasteiger partial charge in [-0.3, -0.25) is 4.90 Å². The number of likely N-dealkylation sites (tertiary alicyclic amines) is 1. The molecule has 112 valence electrons. The first-order valence-corrected chi connectivity index (χ1v) is 7.60. The Balaban J connectivity index is 1.97. The highest BCUT2D eigenvalue weighted by molar-refractivity contribution is 5.30. The maximum Gasteiger partial charge on any atom is 0.0917 e. The number of rotatable bonds is 4. The molecule has 1 saturated heterocycles. The normalized spacial score (nSPS) is 22.2. The van der Waals surface area contributed by atoms with Gasteiger partial charge in [0, 0.05) is 19.1 Å². The molecule has 0 amide bonds. The summed E-state index contributed by atoms with van der Waals surface area (Å²) in [5.41, 5.74) is 3.48. The fraction of sp³-hybridized carbons (Fsp3) is 0.647. The van der Waals surface area contributed by atoms with Gasteiger partial charge in [-0.1, -0.05) is 29.3 Å². The lowest BCUT2D eigenvalue weighted by molar-refractivity contribution is 0.0742. The number of nitrogens with zero attached hydrogens (tertiary/aromatic N) is 2. The molecule has 0 aliphatic carbocycles. The second-order valence-corrected chi connectivity index (χ2v) is 6.43. The molecule has 1 aromatic rings. The largest absolute Gasteiger partial charge is 0.387 e. The van der Waals surface area contributed by atoms with E-state index in [1.54, 1.807) is 0 Å². The Labute approximate surface area is 123 Å². The molecule has 1 aromatic carbocycles. The number of aryl methyl sites for hydroxylation is 2. The number of likely N-dealkylation sites (N-methyl/N-ethyl adjacent to an activating group) is 2. The van der Waals surface area contributed by atoms with Gasteiger partial charge in [0.1, 0.15) is 0 Å². The fourth-order valence-corrected chi connectivity index (χ4v) is 3.23. The van der Waals surface area contributed by atoms with Crippen molar-refractivity contribution in [2.45, 2.75) is 38.8 Å². The Kier molecular flexibility index (Phi) is 5.19. The van der Waals surface area contributed by atoms with Crippen molar-refractivity contribution >= 4 is 0 Å². The predicted molar refractivity (Wildman–Crippen MR) is 84.0 cm³/mol. The van der Waals surface area contributed by atoms with Crippen LogP contribution in [0.15, 0.2) is 18.2 Å². The standard InChI is InChI=1S/C17H28N2O/c1-13-8-14(2)10-15(9-13)17(20)12-19(4)16-6-5-7-18(3)11-16/h8-10,16-17,20H,5-7,11-12H2,1-4H3. The summed E-state index contributed by atoms with van der Waals surface area (Å²) in [4.78, 5) is 4.70. The zero-order valence-electron chi connectivity index (χ0n) is 13.3. The van der Waals surface area contributed by atoms with Crippen molar-refractivity contribution in [2.75, 3.05) is 33.7 Å². The van der Waals surface area contributed by atoms with Crippen molar-refractivity contribution in [2.24, 2.45) is 0 Å². The Morgan fingerprint density at radius 3 is 2.55 bits per heavy atom. The SMILES string of the molecule is Cc1cc(C)cc(C(O)CN(C)C2CCCN(C)C2)c1. The van der Waals surface area contributed by atoms with Crippen LogP contribution in [0.1, 0.15) is 35.6 Å². The van der Waals surface area contributed by atoms with E-state index in [0.29, 0.717) is 12.6 Å². The minimum Gasteiger partial charge on any atom is -0.387 e. The third-order valence-corrected chi connectivity index (χ3v) is 4.31. The fourth-order valence-electron chi connectivity index (χ4n) is 3.23. The van der Waals surface area contributed by atoms with Gasteiger partial charge < -0.3 is 10.0 Å². The van der Waals surface area contributed by atoms with Gasteiger partial charge in [-0.25, -0.2) is 0 Å². The number of hydrogen-bond acceptors (Lipinski definition) is 3. The van der Waals surface area contributed by atoms with Gasteiger partial charge in [0.15, 0.2) is 0 Å². The average molecular weight is 276 g/mol. The van der Waals surface area contributed by atoms with Crippen molar-refractivity contribution in [1.29, 1.82) is 0 Å². The maximum absolute atomic E-state index is 10.5. The predicted octanol–water partition coefficient (Wildman–Crippen LogP) is 2.36. The van der Waals surface area contributed by atoms with Gasteiger partial charge in [0.2, 0.25) is 0 Å². The van der Waals surface area contributed by atoms with E-state index in [2.05, 4.69) is 55.9 Å². The molecule has 1 heterocycles.